The Hall–Kier alpha value is -2.12. The quantitative estimate of drug-likeness (QED) is 0.527. The molecule has 22 heavy (non-hydrogen) atoms. The Labute approximate surface area is 128 Å². The third kappa shape index (κ3) is 3.05. The highest BCUT2D eigenvalue weighted by Crippen LogP contribution is 2.27. The van der Waals surface area contributed by atoms with E-state index < -0.39 is 47.2 Å². The van der Waals surface area contributed by atoms with Gasteiger partial charge in [-0.15, -0.1) is 0 Å². The molecule has 8 heteroatoms. The first-order valence-corrected chi connectivity index (χ1v) is 7.04. The largest absolute Gasteiger partial charge is 0.468 e. The number of hydrogen-bond donors (Lipinski definition) is 1. The Kier molecular flexibility index (Phi) is 4.12. The molecule has 0 bridgehead atoms. The number of ketones is 1. The molecule has 2 amide bonds. The van der Waals surface area contributed by atoms with Crippen molar-refractivity contribution in [3.63, 3.8) is 0 Å². The van der Waals surface area contributed by atoms with E-state index in [9.17, 15) is 19.2 Å². The summed E-state index contributed by atoms with van der Waals surface area (Å²) in [6.45, 7) is 5.54. The molecule has 0 aliphatic carbocycles. The number of hydrogen-bond acceptors (Lipinski definition) is 6. The number of nitrogens with one attached hydrogen (secondary N) is 1. The third-order valence-corrected chi connectivity index (χ3v) is 3.65. The summed E-state index contributed by atoms with van der Waals surface area (Å²) in [5.74, 6) is -4.13. The molecule has 2 heterocycles. The van der Waals surface area contributed by atoms with Crippen LogP contribution in [-0.4, -0.2) is 60.5 Å². The van der Waals surface area contributed by atoms with Gasteiger partial charge in [0.2, 0.25) is 5.91 Å². The summed E-state index contributed by atoms with van der Waals surface area (Å²) in [4.78, 5) is 49.2. The molecular formula is C14H20N2O6. The van der Waals surface area contributed by atoms with Gasteiger partial charge in [-0.3, -0.25) is 14.4 Å². The average Bonchev–Trinajstić information content (AvgIpc) is 2.80. The topological polar surface area (TPSA) is 102 Å². The molecule has 122 valence electrons. The maximum atomic E-state index is 12.3. The van der Waals surface area contributed by atoms with Crippen molar-refractivity contribution < 1.29 is 28.7 Å². The van der Waals surface area contributed by atoms with Gasteiger partial charge >= 0.3 is 12.1 Å². The van der Waals surface area contributed by atoms with Crippen molar-refractivity contribution >= 4 is 23.8 Å². The van der Waals surface area contributed by atoms with E-state index in [0.29, 0.717) is 0 Å². The number of methoxy groups -OCH3 is 1. The van der Waals surface area contributed by atoms with Crippen molar-refractivity contribution in [1.82, 2.24) is 10.2 Å². The van der Waals surface area contributed by atoms with Gasteiger partial charge in [0.15, 0.2) is 11.7 Å². The number of Topliss-reactive ketones (excluding diaryl/α,β-unsaturated/α-hetero) is 1. The minimum Gasteiger partial charge on any atom is -0.468 e. The van der Waals surface area contributed by atoms with Gasteiger partial charge in [0.1, 0.15) is 5.60 Å². The van der Waals surface area contributed by atoms with Crippen LogP contribution in [0.3, 0.4) is 0 Å². The highest BCUT2D eigenvalue weighted by molar-refractivity contribution is 6.19. The monoisotopic (exact) mass is 312 g/mol. The number of ether oxygens (including phenoxy) is 2. The third-order valence-electron chi connectivity index (χ3n) is 3.65. The molecule has 2 aliphatic heterocycles. The Morgan fingerprint density at radius 1 is 1.23 bits per heavy atom. The second-order valence-electron chi connectivity index (χ2n) is 6.47. The molecule has 0 saturated carbocycles. The van der Waals surface area contributed by atoms with E-state index in [1.807, 2.05) is 0 Å². The van der Waals surface area contributed by atoms with Crippen LogP contribution >= 0.6 is 0 Å². The number of fused-ring (bicyclic) bond motifs is 1. The molecule has 2 aliphatic rings. The fourth-order valence-electron chi connectivity index (χ4n) is 2.66. The molecule has 8 nitrogen and oxygen atoms in total. The van der Waals surface area contributed by atoms with Crippen LogP contribution in [0, 0.1) is 11.8 Å². The summed E-state index contributed by atoms with van der Waals surface area (Å²) in [5.41, 5.74) is -0.646. The van der Waals surface area contributed by atoms with Crippen LogP contribution in [0.5, 0.6) is 0 Å². The molecule has 0 aromatic heterocycles. The molecule has 0 radical (unpaired) electrons. The average molecular weight is 312 g/mol. The lowest BCUT2D eigenvalue weighted by Gasteiger charge is -2.28. The molecule has 2 saturated heterocycles. The van der Waals surface area contributed by atoms with Crippen molar-refractivity contribution in [2.45, 2.75) is 32.4 Å². The zero-order chi connectivity index (χ0) is 16.7. The van der Waals surface area contributed by atoms with Gasteiger partial charge < -0.3 is 19.7 Å². The van der Waals surface area contributed by atoms with Gasteiger partial charge in [-0.1, -0.05) is 0 Å². The normalized spacial score (nSPS) is 28.0. The summed E-state index contributed by atoms with van der Waals surface area (Å²) in [6, 6.07) is -0.492. The van der Waals surface area contributed by atoms with E-state index in [4.69, 9.17) is 4.74 Å². The summed E-state index contributed by atoms with van der Waals surface area (Å²) < 4.78 is 9.75. The van der Waals surface area contributed by atoms with Gasteiger partial charge in [0.25, 0.3) is 0 Å². The first-order valence-electron chi connectivity index (χ1n) is 7.04. The van der Waals surface area contributed by atoms with Crippen molar-refractivity contribution in [2.75, 3.05) is 20.2 Å². The Balaban J connectivity index is 2.10. The number of amides is 2. The lowest BCUT2D eigenvalue weighted by molar-refractivity contribution is -0.157. The molecule has 3 atom stereocenters. The van der Waals surface area contributed by atoms with E-state index in [1.54, 1.807) is 20.8 Å². The van der Waals surface area contributed by atoms with E-state index in [2.05, 4.69) is 10.1 Å². The fourth-order valence-corrected chi connectivity index (χ4v) is 2.66. The number of carbonyl (C=O) groups excluding carboxylic acids is 4. The van der Waals surface area contributed by atoms with Gasteiger partial charge in [0, 0.05) is 13.1 Å². The van der Waals surface area contributed by atoms with Crippen molar-refractivity contribution in [3.8, 4) is 0 Å². The SMILES string of the molecule is COC(=O)C1C(=O)N[C@@H]2CN(C(=O)OC(C)(C)C)C[C@H]2C1=O. The Morgan fingerprint density at radius 2 is 1.86 bits per heavy atom. The molecular weight excluding hydrogens is 292 g/mol. The zero-order valence-corrected chi connectivity index (χ0v) is 13.0. The van der Waals surface area contributed by atoms with Crippen LogP contribution in [0.25, 0.3) is 0 Å². The Morgan fingerprint density at radius 3 is 2.41 bits per heavy atom. The number of rotatable bonds is 1. The van der Waals surface area contributed by atoms with E-state index in [0.717, 1.165) is 7.11 Å². The molecule has 0 spiro atoms. The lowest BCUT2D eigenvalue weighted by atomic mass is 9.84. The molecule has 2 fully saturated rings. The number of piperidine rings is 1. The van der Waals surface area contributed by atoms with Crippen LogP contribution in [-0.2, 0) is 23.9 Å². The van der Waals surface area contributed by atoms with Crippen LogP contribution in [0.15, 0.2) is 0 Å². The highest BCUT2D eigenvalue weighted by atomic mass is 16.6. The predicted molar refractivity (Wildman–Crippen MR) is 73.7 cm³/mol. The summed E-state index contributed by atoms with van der Waals surface area (Å²) in [5, 5.41) is 2.61. The van der Waals surface area contributed by atoms with Crippen LogP contribution in [0.1, 0.15) is 20.8 Å². The maximum absolute atomic E-state index is 12.3. The molecule has 1 unspecified atom stereocenters. The first-order chi connectivity index (χ1) is 10.1. The maximum Gasteiger partial charge on any atom is 0.410 e. The number of nitrogens with zero attached hydrogens (tertiary/aromatic N) is 1. The smallest absolute Gasteiger partial charge is 0.410 e. The number of likely N-dealkylation sites (tertiary alicyclic amines) is 1. The minimum absolute atomic E-state index is 0.117. The number of carbonyl (C=O) groups is 4. The predicted octanol–water partition coefficient (Wildman–Crippen LogP) is -0.290. The van der Waals surface area contributed by atoms with Gasteiger partial charge in [-0.25, -0.2) is 4.79 Å². The summed E-state index contributed by atoms with van der Waals surface area (Å²) in [7, 11) is 1.12. The van der Waals surface area contributed by atoms with Gasteiger partial charge in [0.05, 0.1) is 19.1 Å². The minimum atomic E-state index is -1.45. The molecule has 0 aromatic carbocycles. The second kappa shape index (κ2) is 5.58. The van der Waals surface area contributed by atoms with Crippen LogP contribution < -0.4 is 5.32 Å². The van der Waals surface area contributed by atoms with E-state index in [1.165, 1.54) is 4.90 Å². The molecule has 1 N–H and O–H groups in total. The highest BCUT2D eigenvalue weighted by Gasteiger charge is 2.52. The van der Waals surface area contributed by atoms with Gasteiger partial charge in [-0.05, 0) is 20.8 Å². The Bertz CT molecular complexity index is 524. The van der Waals surface area contributed by atoms with Crippen molar-refractivity contribution in [1.29, 1.82) is 0 Å². The number of esters is 1. The van der Waals surface area contributed by atoms with Crippen molar-refractivity contribution in [2.24, 2.45) is 11.8 Å². The first kappa shape index (κ1) is 16.3. The van der Waals surface area contributed by atoms with E-state index >= 15 is 0 Å². The summed E-state index contributed by atoms with van der Waals surface area (Å²) >= 11 is 0. The van der Waals surface area contributed by atoms with Crippen LogP contribution in [0.2, 0.25) is 0 Å². The van der Waals surface area contributed by atoms with Crippen molar-refractivity contribution in [3.05, 3.63) is 0 Å². The molecule has 0 aromatic rings. The fraction of sp³-hybridized carbons (Fsp3) is 0.714. The summed E-state index contributed by atoms with van der Waals surface area (Å²) in [6.07, 6.45) is -0.543. The molecule has 2 rings (SSSR count). The lowest BCUT2D eigenvalue weighted by Crippen LogP contribution is -2.56. The second-order valence-corrected chi connectivity index (χ2v) is 6.47. The van der Waals surface area contributed by atoms with Gasteiger partial charge in [-0.2, -0.15) is 0 Å². The van der Waals surface area contributed by atoms with E-state index in [-0.39, 0.29) is 13.1 Å². The zero-order valence-electron chi connectivity index (χ0n) is 13.0. The standard InChI is InChI=1S/C14H20N2O6/c1-14(2,3)22-13(20)16-5-7-8(6-16)15-11(18)9(10(7)17)12(19)21-4/h7-9H,5-6H2,1-4H3,(H,15,18)/t7-,8-,9?/m1/s1. The van der Waals surface area contributed by atoms with Crippen LogP contribution in [0.4, 0.5) is 4.79 Å².